The highest BCUT2D eigenvalue weighted by Gasteiger charge is 2.34. The van der Waals surface area contributed by atoms with E-state index in [0.717, 1.165) is 37.4 Å². The maximum Gasteiger partial charge on any atom is 0.395 e. The topological polar surface area (TPSA) is 36.4 Å². The molecule has 2 atom stereocenters. The Kier molecular flexibility index (Phi) is 6.63. The van der Waals surface area contributed by atoms with Gasteiger partial charge in [-0.15, -0.1) is 11.3 Å². The van der Waals surface area contributed by atoms with E-state index in [1.54, 1.807) is 18.9 Å². The molecule has 0 saturated carbocycles. The largest absolute Gasteiger partial charge is 0.395 e. The fourth-order valence-corrected chi connectivity index (χ4v) is 4.95. The lowest BCUT2D eigenvalue weighted by atomic mass is 9.92. The van der Waals surface area contributed by atoms with Crippen molar-refractivity contribution in [3.05, 3.63) is 51.5 Å². The van der Waals surface area contributed by atoms with Crippen LogP contribution in [0.5, 0.6) is 0 Å². The minimum atomic E-state index is -4.32. The molecule has 1 aromatic heterocycles. The molecule has 1 aliphatic rings. The SMILES string of the molecule is Cc1sc(CC(F)(F)F)nc1C(=O)N(C)C1CCN(Cc2ccccc2)CC1C. The molecule has 3 rings (SSSR count). The van der Waals surface area contributed by atoms with Crippen LogP contribution >= 0.6 is 11.3 Å². The monoisotopic (exact) mass is 425 g/mol. The van der Waals surface area contributed by atoms with Crippen LogP contribution in [-0.2, 0) is 13.0 Å². The van der Waals surface area contributed by atoms with E-state index in [1.807, 2.05) is 18.2 Å². The van der Waals surface area contributed by atoms with E-state index in [1.165, 1.54) is 5.56 Å². The first-order valence-electron chi connectivity index (χ1n) is 9.70. The maximum absolute atomic E-state index is 12.9. The Morgan fingerprint density at radius 1 is 1.31 bits per heavy atom. The Morgan fingerprint density at radius 2 is 2.00 bits per heavy atom. The van der Waals surface area contributed by atoms with Crippen molar-refractivity contribution in [2.75, 3.05) is 20.1 Å². The zero-order chi connectivity index (χ0) is 21.2. The summed E-state index contributed by atoms with van der Waals surface area (Å²) in [5.74, 6) is -0.0319. The molecule has 8 heteroatoms. The van der Waals surface area contributed by atoms with Crippen LogP contribution in [-0.4, -0.2) is 53.0 Å². The normalized spacial score (nSPS) is 20.6. The summed E-state index contributed by atoms with van der Waals surface area (Å²) in [7, 11) is 1.73. The molecule has 2 heterocycles. The van der Waals surface area contributed by atoms with E-state index in [0.29, 0.717) is 4.88 Å². The van der Waals surface area contributed by atoms with E-state index in [9.17, 15) is 18.0 Å². The lowest BCUT2D eigenvalue weighted by molar-refractivity contribution is -0.127. The molecule has 0 spiro atoms. The number of aromatic nitrogens is 1. The molecule has 2 unspecified atom stereocenters. The number of hydrogen-bond donors (Lipinski definition) is 0. The van der Waals surface area contributed by atoms with Crippen LogP contribution in [0, 0.1) is 12.8 Å². The third-order valence-electron chi connectivity index (χ3n) is 5.41. The first-order valence-corrected chi connectivity index (χ1v) is 10.5. The van der Waals surface area contributed by atoms with Gasteiger partial charge in [0.25, 0.3) is 5.91 Å². The molecule has 1 amide bonds. The van der Waals surface area contributed by atoms with Gasteiger partial charge in [-0.25, -0.2) is 4.98 Å². The fourth-order valence-electron chi connectivity index (χ4n) is 3.99. The molecule has 1 saturated heterocycles. The van der Waals surface area contributed by atoms with Gasteiger partial charge in [0, 0.05) is 37.6 Å². The summed E-state index contributed by atoms with van der Waals surface area (Å²) in [4.78, 5) is 21.5. The fraction of sp³-hybridized carbons (Fsp3) is 0.524. The van der Waals surface area contributed by atoms with Crippen LogP contribution in [0.3, 0.4) is 0 Å². The zero-order valence-corrected chi connectivity index (χ0v) is 17.7. The van der Waals surface area contributed by atoms with Gasteiger partial charge in [-0.1, -0.05) is 37.3 Å². The highest BCUT2D eigenvalue weighted by atomic mass is 32.1. The Balaban J connectivity index is 1.63. The van der Waals surface area contributed by atoms with Gasteiger partial charge in [-0.05, 0) is 24.8 Å². The second kappa shape index (κ2) is 8.83. The van der Waals surface area contributed by atoms with Crippen LogP contribution in [0.1, 0.15) is 39.3 Å². The van der Waals surface area contributed by atoms with Crippen molar-refractivity contribution < 1.29 is 18.0 Å². The number of alkyl halides is 3. The number of halogens is 3. The number of aryl methyl sites for hydroxylation is 1. The second-order valence-electron chi connectivity index (χ2n) is 7.77. The summed E-state index contributed by atoms with van der Waals surface area (Å²) < 4.78 is 37.9. The van der Waals surface area contributed by atoms with Crippen molar-refractivity contribution in [3.8, 4) is 0 Å². The van der Waals surface area contributed by atoms with Crippen molar-refractivity contribution in [2.24, 2.45) is 5.92 Å². The quantitative estimate of drug-likeness (QED) is 0.706. The summed E-state index contributed by atoms with van der Waals surface area (Å²) in [6.45, 7) is 6.39. The van der Waals surface area contributed by atoms with Crippen molar-refractivity contribution >= 4 is 17.2 Å². The molecule has 1 aliphatic heterocycles. The predicted octanol–water partition coefficient (Wildman–Crippen LogP) is 4.54. The molecule has 0 N–H and O–H groups in total. The van der Waals surface area contributed by atoms with E-state index in [-0.39, 0.29) is 28.6 Å². The smallest absolute Gasteiger partial charge is 0.337 e. The van der Waals surface area contributed by atoms with Gasteiger partial charge in [-0.3, -0.25) is 9.69 Å². The summed E-state index contributed by atoms with van der Waals surface area (Å²) in [5, 5.41) is -0.0579. The Hall–Kier alpha value is -1.93. The number of piperidine rings is 1. The molecular formula is C21H26F3N3OS. The Labute approximate surface area is 173 Å². The first-order chi connectivity index (χ1) is 13.6. The van der Waals surface area contributed by atoms with Crippen molar-refractivity contribution in [1.82, 2.24) is 14.8 Å². The number of thiazole rings is 1. The second-order valence-corrected chi connectivity index (χ2v) is 9.06. The number of carbonyl (C=O) groups excluding carboxylic acids is 1. The summed E-state index contributed by atoms with van der Waals surface area (Å²) in [6.07, 6.45) is -4.59. The van der Waals surface area contributed by atoms with Gasteiger partial charge in [0.15, 0.2) is 0 Å². The van der Waals surface area contributed by atoms with E-state index >= 15 is 0 Å². The van der Waals surface area contributed by atoms with E-state index in [4.69, 9.17) is 0 Å². The number of hydrogen-bond acceptors (Lipinski definition) is 4. The van der Waals surface area contributed by atoms with E-state index in [2.05, 4.69) is 28.9 Å². The van der Waals surface area contributed by atoms with Gasteiger partial charge < -0.3 is 4.90 Å². The number of rotatable bonds is 5. The molecule has 158 valence electrons. The third kappa shape index (κ3) is 5.57. The first kappa shape index (κ1) is 21.8. The zero-order valence-electron chi connectivity index (χ0n) is 16.9. The molecule has 1 aromatic carbocycles. The van der Waals surface area contributed by atoms with Gasteiger partial charge in [0.05, 0.1) is 6.42 Å². The minimum Gasteiger partial charge on any atom is -0.337 e. The van der Waals surface area contributed by atoms with Gasteiger partial charge in [0.2, 0.25) is 0 Å². The highest BCUT2D eigenvalue weighted by molar-refractivity contribution is 7.11. The van der Waals surface area contributed by atoms with Crippen LogP contribution in [0.15, 0.2) is 30.3 Å². The van der Waals surface area contributed by atoms with Crippen molar-refractivity contribution in [3.63, 3.8) is 0 Å². The lowest BCUT2D eigenvalue weighted by Crippen LogP contribution is -2.50. The molecule has 0 bridgehead atoms. The molecule has 29 heavy (non-hydrogen) atoms. The molecule has 0 radical (unpaired) electrons. The molecule has 4 nitrogen and oxygen atoms in total. The number of amides is 1. The van der Waals surface area contributed by atoms with Crippen LogP contribution in [0.25, 0.3) is 0 Å². The lowest BCUT2D eigenvalue weighted by Gasteiger charge is -2.41. The van der Waals surface area contributed by atoms with Gasteiger partial charge in [-0.2, -0.15) is 13.2 Å². The number of carbonyl (C=O) groups is 1. The van der Waals surface area contributed by atoms with Crippen molar-refractivity contribution in [2.45, 2.75) is 45.5 Å². The number of nitrogens with zero attached hydrogens (tertiary/aromatic N) is 3. The predicted molar refractivity (Wildman–Crippen MR) is 108 cm³/mol. The minimum absolute atomic E-state index is 0.0432. The summed E-state index contributed by atoms with van der Waals surface area (Å²) in [6, 6.07) is 10.3. The molecule has 1 fully saturated rings. The summed E-state index contributed by atoms with van der Waals surface area (Å²) in [5.41, 5.74) is 1.41. The number of benzene rings is 1. The Morgan fingerprint density at radius 3 is 2.62 bits per heavy atom. The van der Waals surface area contributed by atoms with Gasteiger partial charge in [0.1, 0.15) is 10.7 Å². The maximum atomic E-state index is 12.9. The molecule has 2 aromatic rings. The van der Waals surface area contributed by atoms with E-state index < -0.39 is 12.6 Å². The standard InChI is InChI=1S/C21H26F3N3OS/c1-14-12-27(13-16-7-5-4-6-8-16)10-9-17(14)26(3)20(28)19-15(2)29-18(25-19)11-21(22,23)24/h4-8,14,17H,9-13H2,1-3H3. The highest BCUT2D eigenvalue weighted by Crippen LogP contribution is 2.28. The van der Waals surface area contributed by atoms with Crippen molar-refractivity contribution in [1.29, 1.82) is 0 Å². The summed E-state index contributed by atoms with van der Waals surface area (Å²) >= 11 is 0.949. The average molecular weight is 426 g/mol. The third-order valence-corrected chi connectivity index (χ3v) is 6.38. The van der Waals surface area contributed by atoms with Crippen LogP contribution in [0.2, 0.25) is 0 Å². The number of likely N-dealkylation sites (tertiary alicyclic amines) is 1. The van der Waals surface area contributed by atoms with Gasteiger partial charge >= 0.3 is 6.18 Å². The van der Waals surface area contributed by atoms with Crippen LogP contribution in [0.4, 0.5) is 13.2 Å². The molecular weight excluding hydrogens is 399 g/mol. The molecule has 0 aliphatic carbocycles. The average Bonchev–Trinajstić information content (AvgIpc) is 2.99. The van der Waals surface area contributed by atoms with Crippen LogP contribution < -0.4 is 0 Å². The Bertz CT molecular complexity index is 837.